The summed E-state index contributed by atoms with van der Waals surface area (Å²) in [6.07, 6.45) is 8.31. The molecule has 1 saturated carbocycles. The molecule has 0 aliphatic heterocycles. The molecule has 1 N–H and O–H groups in total. The van der Waals surface area contributed by atoms with Gasteiger partial charge in [-0.3, -0.25) is 4.98 Å². The summed E-state index contributed by atoms with van der Waals surface area (Å²) >= 11 is 5.77. The van der Waals surface area contributed by atoms with Crippen LogP contribution in [0.4, 0.5) is 5.82 Å². The summed E-state index contributed by atoms with van der Waals surface area (Å²) < 4.78 is 0. The Morgan fingerprint density at radius 2 is 2.00 bits per heavy atom. The molecule has 15 heavy (non-hydrogen) atoms. The minimum absolute atomic E-state index is 0.448. The fourth-order valence-corrected chi connectivity index (χ4v) is 2.17. The number of nitrogens with one attached hydrogen (secondary N) is 1. The van der Waals surface area contributed by atoms with E-state index >= 15 is 0 Å². The highest BCUT2D eigenvalue weighted by Crippen LogP contribution is 2.25. The van der Waals surface area contributed by atoms with Crippen molar-refractivity contribution in [2.24, 2.45) is 5.92 Å². The zero-order valence-corrected chi connectivity index (χ0v) is 9.67. The van der Waals surface area contributed by atoms with Crippen LogP contribution in [-0.4, -0.2) is 16.0 Å². The van der Waals surface area contributed by atoms with Crippen LogP contribution in [0.15, 0.2) is 12.4 Å². The lowest BCUT2D eigenvalue weighted by atomic mass is 9.87. The highest BCUT2D eigenvalue weighted by Gasteiger charge is 2.18. The quantitative estimate of drug-likeness (QED) is 0.841. The molecule has 0 amide bonds. The van der Waals surface area contributed by atoms with Crippen LogP contribution in [0.1, 0.15) is 32.6 Å². The first-order valence-corrected chi connectivity index (χ1v) is 5.86. The summed E-state index contributed by atoms with van der Waals surface area (Å²) in [5.74, 6) is 1.66. The lowest BCUT2D eigenvalue weighted by Crippen LogP contribution is -2.25. The minimum atomic E-state index is 0.448. The van der Waals surface area contributed by atoms with Crippen molar-refractivity contribution in [3.63, 3.8) is 0 Å². The molecule has 0 bridgehead atoms. The smallest absolute Gasteiger partial charge is 0.149 e. The van der Waals surface area contributed by atoms with E-state index in [2.05, 4.69) is 22.2 Å². The molecular weight excluding hydrogens is 210 g/mol. The largest absolute Gasteiger partial charge is 0.366 e. The van der Waals surface area contributed by atoms with Crippen molar-refractivity contribution in [3.05, 3.63) is 17.5 Å². The van der Waals surface area contributed by atoms with Crippen molar-refractivity contribution in [1.29, 1.82) is 0 Å². The van der Waals surface area contributed by atoms with Gasteiger partial charge in [0.1, 0.15) is 11.0 Å². The fraction of sp³-hybridized carbons (Fsp3) is 0.636. The lowest BCUT2D eigenvalue weighted by Gasteiger charge is -2.27. The first kappa shape index (κ1) is 10.7. The molecule has 1 fully saturated rings. The van der Waals surface area contributed by atoms with Crippen molar-refractivity contribution in [2.75, 3.05) is 5.32 Å². The predicted molar refractivity (Wildman–Crippen MR) is 62.1 cm³/mol. The fourth-order valence-electron chi connectivity index (χ4n) is 2.03. The monoisotopic (exact) mass is 225 g/mol. The Labute approximate surface area is 95.3 Å². The first-order chi connectivity index (χ1) is 7.24. The van der Waals surface area contributed by atoms with E-state index in [4.69, 9.17) is 11.6 Å². The molecule has 1 aromatic heterocycles. The Kier molecular flexibility index (Phi) is 3.41. The van der Waals surface area contributed by atoms with Crippen molar-refractivity contribution in [3.8, 4) is 0 Å². The Morgan fingerprint density at radius 1 is 1.27 bits per heavy atom. The van der Waals surface area contributed by atoms with Crippen LogP contribution >= 0.6 is 11.6 Å². The Bertz CT molecular complexity index is 321. The number of hydrogen-bond donors (Lipinski definition) is 1. The lowest BCUT2D eigenvalue weighted by molar-refractivity contribution is 0.361. The van der Waals surface area contributed by atoms with Crippen LogP contribution < -0.4 is 5.32 Å². The molecule has 0 atom stereocenters. The topological polar surface area (TPSA) is 37.8 Å². The summed E-state index contributed by atoms with van der Waals surface area (Å²) in [5, 5.41) is 3.83. The number of aromatic nitrogens is 2. The number of halogens is 1. The zero-order valence-electron chi connectivity index (χ0n) is 8.91. The number of anilines is 1. The molecule has 4 heteroatoms. The van der Waals surface area contributed by atoms with E-state index in [0.29, 0.717) is 11.2 Å². The SMILES string of the molecule is CC1CCC(Nc2cncc(Cl)n2)CC1. The molecule has 1 aliphatic rings. The van der Waals surface area contributed by atoms with Gasteiger partial charge in [0.15, 0.2) is 0 Å². The molecule has 0 aromatic carbocycles. The summed E-state index contributed by atoms with van der Waals surface area (Å²) in [6.45, 7) is 2.31. The van der Waals surface area contributed by atoms with E-state index in [-0.39, 0.29) is 0 Å². The third-order valence-corrected chi connectivity index (χ3v) is 3.16. The Hall–Kier alpha value is -0.830. The van der Waals surface area contributed by atoms with Crippen LogP contribution in [0.25, 0.3) is 0 Å². The van der Waals surface area contributed by atoms with E-state index in [1.807, 2.05) is 0 Å². The van der Waals surface area contributed by atoms with Gasteiger partial charge in [-0.2, -0.15) is 0 Å². The third kappa shape index (κ3) is 3.06. The Balaban J connectivity index is 1.92. The molecule has 0 spiro atoms. The molecule has 82 valence electrons. The van der Waals surface area contributed by atoms with Gasteiger partial charge >= 0.3 is 0 Å². The molecule has 0 saturated heterocycles. The average molecular weight is 226 g/mol. The highest BCUT2D eigenvalue weighted by molar-refractivity contribution is 6.29. The van der Waals surface area contributed by atoms with Gasteiger partial charge in [0, 0.05) is 6.04 Å². The van der Waals surface area contributed by atoms with Gasteiger partial charge in [0.25, 0.3) is 0 Å². The second-order valence-corrected chi connectivity index (χ2v) is 4.72. The summed E-state index contributed by atoms with van der Waals surface area (Å²) in [6, 6.07) is 0.536. The van der Waals surface area contributed by atoms with Gasteiger partial charge in [-0.05, 0) is 31.6 Å². The summed E-state index contributed by atoms with van der Waals surface area (Å²) in [5.41, 5.74) is 0. The number of nitrogens with zero attached hydrogens (tertiary/aromatic N) is 2. The van der Waals surface area contributed by atoms with Gasteiger partial charge in [-0.1, -0.05) is 18.5 Å². The Morgan fingerprint density at radius 3 is 2.67 bits per heavy atom. The second-order valence-electron chi connectivity index (χ2n) is 4.33. The van der Waals surface area contributed by atoms with Crippen molar-refractivity contribution in [2.45, 2.75) is 38.6 Å². The van der Waals surface area contributed by atoms with Crippen LogP contribution in [0, 0.1) is 5.92 Å². The van der Waals surface area contributed by atoms with Crippen molar-refractivity contribution >= 4 is 17.4 Å². The van der Waals surface area contributed by atoms with E-state index < -0.39 is 0 Å². The molecule has 2 rings (SSSR count). The maximum Gasteiger partial charge on any atom is 0.149 e. The van der Waals surface area contributed by atoms with Crippen LogP contribution in [0.2, 0.25) is 5.15 Å². The second kappa shape index (κ2) is 4.79. The maximum atomic E-state index is 5.77. The van der Waals surface area contributed by atoms with Crippen LogP contribution in [-0.2, 0) is 0 Å². The van der Waals surface area contributed by atoms with E-state index in [9.17, 15) is 0 Å². The van der Waals surface area contributed by atoms with E-state index in [0.717, 1.165) is 11.7 Å². The normalized spacial score (nSPS) is 26.3. The first-order valence-electron chi connectivity index (χ1n) is 5.48. The van der Waals surface area contributed by atoms with E-state index in [1.165, 1.54) is 25.7 Å². The molecule has 1 aromatic rings. The standard InChI is InChI=1S/C11H16ClN3/c1-8-2-4-9(5-3-8)14-11-7-13-6-10(12)15-11/h6-9H,2-5H2,1H3,(H,14,15). The average Bonchev–Trinajstić information content (AvgIpc) is 2.22. The highest BCUT2D eigenvalue weighted by atomic mass is 35.5. The molecular formula is C11H16ClN3. The number of rotatable bonds is 2. The predicted octanol–water partition coefficient (Wildman–Crippen LogP) is 3.12. The molecule has 0 unspecified atom stereocenters. The van der Waals surface area contributed by atoms with E-state index in [1.54, 1.807) is 12.4 Å². The number of hydrogen-bond acceptors (Lipinski definition) is 3. The van der Waals surface area contributed by atoms with Gasteiger partial charge in [-0.25, -0.2) is 4.98 Å². The minimum Gasteiger partial charge on any atom is -0.366 e. The maximum absolute atomic E-state index is 5.77. The molecule has 1 heterocycles. The zero-order chi connectivity index (χ0) is 10.7. The van der Waals surface area contributed by atoms with Crippen molar-refractivity contribution < 1.29 is 0 Å². The van der Waals surface area contributed by atoms with Gasteiger partial charge in [0.05, 0.1) is 12.4 Å². The van der Waals surface area contributed by atoms with Gasteiger partial charge < -0.3 is 5.32 Å². The van der Waals surface area contributed by atoms with Gasteiger partial charge in [-0.15, -0.1) is 0 Å². The summed E-state index contributed by atoms with van der Waals surface area (Å²) in [4.78, 5) is 8.19. The van der Waals surface area contributed by atoms with Gasteiger partial charge in [0.2, 0.25) is 0 Å². The van der Waals surface area contributed by atoms with Crippen LogP contribution in [0.3, 0.4) is 0 Å². The van der Waals surface area contributed by atoms with Crippen molar-refractivity contribution in [1.82, 2.24) is 9.97 Å². The molecule has 0 radical (unpaired) electrons. The summed E-state index contributed by atoms with van der Waals surface area (Å²) in [7, 11) is 0. The molecule has 3 nitrogen and oxygen atoms in total. The molecule has 1 aliphatic carbocycles. The van der Waals surface area contributed by atoms with Crippen LogP contribution in [0.5, 0.6) is 0 Å². The third-order valence-electron chi connectivity index (χ3n) is 2.97.